The number of piperazine rings is 1. The number of hydrogen-bond acceptors (Lipinski definition) is 3. The van der Waals surface area contributed by atoms with Crippen LogP contribution in [0.3, 0.4) is 0 Å². The van der Waals surface area contributed by atoms with E-state index >= 15 is 0 Å². The lowest BCUT2D eigenvalue weighted by molar-refractivity contribution is -0.0141. The molecule has 1 N–H and O–H groups in total. The molecule has 1 saturated carbocycles. The van der Waals surface area contributed by atoms with Gasteiger partial charge in [-0.15, -0.1) is 0 Å². The van der Waals surface area contributed by atoms with Crippen molar-refractivity contribution in [2.45, 2.75) is 51.2 Å². The van der Waals surface area contributed by atoms with Crippen molar-refractivity contribution in [1.29, 1.82) is 0 Å². The number of nitrogens with zero attached hydrogens (tertiary/aromatic N) is 2. The van der Waals surface area contributed by atoms with Gasteiger partial charge in [-0.3, -0.25) is 9.80 Å². The number of likely N-dealkylation sites (N-methyl/N-ethyl adjacent to an activating group) is 1. The standard InChI is InChI=1S/C13H26N2O/c1-3-15-9-8-14(10-12(15)2)11-13(16)6-4-5-7-13/h12,16H,3-11H2,1-2H3. The highest BCUT2D eigenvalue weighted by molar-refractivity contribution is 4.90. The van der Waals surface area contributed by atoms with E-state index in [2.05, 4.69) is 23.6 Å². The van der Waals surface area contributed by atoms with Crippen LogP contribution in [0.25, 0.3) is 0 Å². The van der Waals surface area contributed by atoms with Gasteiger partial charge in [-0.05, 0) is 26.3 Å². The van der Waals surface area contributed by atoms with Crippen molar-refractivity contribution in [1.82, 2.24) is 9.80 Å². The number of β-amino-alcohol motifs (C(OH)–C–C–N with tert-alkyl or cyclic N) is 1. The van der Waals surface area contributed by atoms with Crippen LogP contribution in [0.1, 0.15) is 39.5 Å². The molecule has 3 heteroatoms. The van der Waals surface area contributed by atoms with Crippen molar-refractivity contribution < 1.29 is 5.11 Å². The summed E-state index contributed by atoms with van der Waals surface area (Å²) in [6.07, 6.45) is 4.44. The highest BCUT2D eigenvalue weighted by Crippen LogP contribution is 2.30. The summed E-state index contributed by atoms with van der Waals surface area (Å²) in [5.41, 5.74) is -0.367. The molecule has 1 unspecified atom stereocenters. The molecule has 0 bridgehead atoms. The van der Waals surface area contributed by atoms with E-state index < -0.39 is 0 Å². The number of rotatable bonds is 3. The van der Waals surface area contributed by atoms with Gasteiger partial charge in [-0.2, -0.15) is 0 Å². The third kappa shape index (κ3) is 2.76. The van der Waals surface area contributed by atoms with Crippen LogP contribution < -0.4 is 0 Å². The molecule has 0 spiro atoms. The molecule has 2 rings (SSSR count). The van der Waals surface area contributed by atoms with Crippen molar-refractivity contribution in [3.8, 4) is 0 Å². The van der Waals surface area contributed by atoms with Gasteiger partial charge >= 0.3 is 0 Å². The Labute approximate surface area is 99.4 Å². The lowest BCUT2D eigenvalue weighted by Crippen LogP contribution is -2.55. The molecule has 3 nitrogen and oxygen atoms in total. The van der Waals surface area contributed by atoms with Gasteiger partial charge in [-0.25, -0.2) is 0 Å². The molecule has 1 atom stereocenters. The van der Waals surface area contributed by atoms with Crippen LogP contribution in [0.4, 0.5) is 0 Å². The Bertz CT molecular complexity index is 226. The second-order valence-electron chi connectivity index (χ2n) is 5.64. The van der Waals surface area contributed by atoms with Gasteiger partial charge in [0.2, 0.25) is 0 Å². The molecule has 94 valence electrons. The normalized spacial score (nSPS) is 32.1. The number of hydrogen-bond donors (Lipinski definition) is 1. The van der Waals surface area contributed by atoms with Crippen LogP contribution in [0.15, 0.2) is 0 Å². The predicted octanol–water partition coefficient (Wildman–Crippen LogP) is 1.32. The van der Waals surface area contributed by atoms with E-state index in [9.17, 15) is 5.11 Å². The highest BCUT2D eigenvalue weighted by Gasteiger charge is 2.34. The van der Waals surface area contributed by atoms with Crippen molar-refractivity contribution in [2.75, 3.05) is 32.7 Å². The fourth-order valence-electron chi connectivity index (χ4n) is 3.29. The van der Waals surface area contributed by atoms with E-state index in [1.807, 2.05) is 0 Å². The summed E-state index contributed by atoms with van der Waals surface area (Å²) in [4.78, 5) is 4.98. The summed E-state index contributed by atoms with van der Waals surface area (Å²) in [6.45, 7) is 9.99. The van der Waals surface area contributed by atoms with E-state index in [4.69, 9.17) is 0 Å². The van der Waals surface area contributed by atoms with Gasteiger partial charge in [0.25, 0.3) is 0 Å². The smallest absolute Gasteiger partial charge is 0.0774 e. The van der Waals surface area contributed by atoms with Crippen LogP contribution >= 0.6 is 0 Å². The Morgan fingerprint density at radius 2 is 1.94 bits per heavy atom. The second kappa shape index (κ2) is 5.03. The average molecular weight is 226 g/mol. The Hall–Kier alpha value is -0.120. The molecule has 1 aliphatic carbocycles. The van der Waals surface area contributed by atoms with Crippen molar-refractivity contribution in [3.05, 3.63) is 0 Å². The first-order chi connectivity index (χ1) is 7.63. The topological polar surface area (TPSA) is 26.7 Å². The number of aliphatic hydroxyl groups is 1. The third-order valence-corrected chi connectivity index (χ3v) is 4.31. The minimum Gasteiger partial charge on any atom is -0.389 e. The fraction of sp³-hybridized carbons (Fsp3) is 1.00. The summed E-state index contributed by atoms with van der Waals surface area (Å²) in [7, 11) is 0. The van der Waals surface area contributed by atoms with Crippen molar-refractivity contribution in [3.63, 3.8) is 0 Å². The summed E-state index contributed by atoms with van der Waals surface area (Å²) >= 11 is 0. The minimum atomic E-state index is -0.367. The summed E-state index contributed by atoms with van der Waals surface area (Å²) in [5.74, 6) is 0. The molecule has 0 aromatic carbocycles. The lowest BCUT2D eigenvalue weighted by atomic mass is 10.0. The zero-order valence-electron chi connectivity index (χ0n) is 10.8. The molecule has 0 aromatic heterocycles. The molecular weight excluding hydrogens is 200 g/mol. The minimum absolute atomic E-state index is 0.367. The zero-order valence-corrected chi connectivity index (χ0v) is 10.8. The quantitative estimate of drug-likeness (QED) is 0.786. The molecule has 1 aliphatic heterocycles. The second-order valence-corrected chi connectivity index (χ2v) is 5.64. The molecular formula is C13H26N2O. The molecule has 1 saturated heterocycles. The molecule has 0 aromatic rings. The Balaban J connectivity index is 1.83. The van der Waals surface area contributed by atoms with Crippen molar-refractivity contribution >= 4 is 0 Å². The summed E-state index contributed by atoms with van der Waals surface area (Å²) in [6, 6.07) is 0.642. The van der Waals surface area contributed by atoms with Crippen LogP contribution in [-0.2, 0) is 0 Å². The molecule has 0 radical (unpaired) electrons. The van der Waals surface area contributed by atoms with Gasteiger partial charge in [0.1, 0.15) is 0 Å². The first-order valence-corrected chi connectivity index (χ1v) is 6.82. The van der Waals surface area contributed by atoms with E-state index in [-0.39, 0.29) is 5.60 Å². The van der Waals surface area contributed by atoms with Crippen molar-refractivity contribution in [2.24, 2.45) is 0 Å². The molecule has 2 fully saturated rings. The van der Waals surface area contributed by atoms with E-state index in [0.717, 1.165) is 45.6 Å². The zero-order chi connectivity index (χ0) is 11.6. The Kier molecular flexibility index (Phi) is 3.88. The maximum Gasteiger partial charge on any atom is 0.0774 e. The molecule has 16 heavy (non-hydrogen) atoms. The first-order valence-electron chi connectivity index (χ1n) is 6.82. The molecule has 1 heterocycles. The lowest BCUT2D eigenvalue weighted by Gasteiger charge is -2.41. The van der Waals surface area contributed by atoms with Gasteiger partial charge in [0.15, 0.2) is 0 Å². The highest BCUT2D eigenvalue weighted by atomic mass is 16.3. The predicted molar refractivity (Wildman–Crippen MR) is 66.6 cm³/mol. The van der Waals surface area contributed by atoms with E-state index in [0.29, 0.717) is 6.04 Å². The van der Waals surface area contributed by atoms with E-state index in [1.165, 1.54) is 12.8 Å². The van der Waals surface area contributed by atoms with Crippen LogP contribution in [0, 0.1) is 0 Å². The monoisotopic (exact) mass is 226 g/mol. The maximum atomic E-state index is 10.4. The van der Waals surface area contributed by atoms with Gasteiger partial charge in [-0.1, -0.05) is 19.8 Å². The summed E-state index contributed by atoms with van der Waals surface area (Å²) in [5, 5.41) is 10.4. The largest absolute Gasteiger partial charge is 0.389 e. The van der Waals surface area contributed by atoms with Gasteiger partial charge < -0.3 is 5.11 Å². The first kappa shape index (κ1) is 12.3. The van der Waals surface area contributed by atoms with Crippen LogP contribution in [0.2, 0.25) is 0 Å². The van der Waals surface area contributed by atoms with Crippen LogP contribution in [-0.4, -0.2) is 59.3 Å². The van der Waals surface area contributed by atoms with E-state index in [1.54, 1.807) is 0 Å². The van der Waals surface area contributed by atoms with Gasteiger partial charge in [0.05, 0.1) is 5.60 Å². The third-order valence-electron chi connectivity index (χ3n) is 4.31. The van der Waals surface area contributed by atoms with Gasteiger partial charge in [0, 0.05) is 32.2 Å². The molecule has 0 amide bonds. The molecule has 2 aliphatic rings. The Morgan fingerprint density at radius 1 is 1.25 bits per heavy atom. The Morgan fingerprint density at radius 3 is 2.50 bits per heavy atom. The summed E-state index contributed by atoms with van der Waals surface area (Å²) < 4.78 is 0. The van der Waals surface area contributed by atoms with Crippen LogP contribution in [0.5, 0.6) is 0 Å². The SMILES string of the molecule is CCN1CCN(CC2(O)CCCC2)CC1C. The fourth-order valence-corrected chi connectivity index (χ4v) is 3.29. The maximum absolute atomic E-state index is 10.4. The average Bonchev–Trinajstić information content (AvgIpc) is 2.65.